The van der Waals surface area contributed by atoms with Gasteiger partial charge in [-0.1, -0.05) is 54.1 Å². The van der Waals surface area contributed by atoms with Crippen LogP contribution in [0.2, 0.25) is 5.02 Å². The lowest BCUT2D eigenvalue weighted by molar-refractivity contribution is -0.902. The number of piperazine rings is 1. The van der Waals surface area contributed by atoms with Crippen molar-refractivity contribution in [2.24, 2.45) is 0 Å². The summed E-state index contributed by atoms with van der Waals surface area (Å²) in [6.45, 7) is 7.49. The topological polar surface area (TPSA) is 42.6 Å². The standard InChI is InChI=1S/C23H25ClN4O/c1-2-26-12-14-27(15-13-26)23(29)21-17-28(16-18-6-4-3-5-7-18)25-22(21)19-8-10-20(24)11-9-19/h3-11,17H,2,12-16H2,1H3/p+1. The number of hydrogen-bond acceptors (Lipinski definition) is 2. The van der Waals surface area contributed by atoms with Crippen molar-refractivity contribution < 1.29 is 9.69 Å². The first-order chi connectivity index (χ1) is 14.1. The van der Waals surface area contributed by atoms with Gasteiger partial charge >= 0.3 is 0 Å². The van der Waals surface area contributed by atoms with Gasteiger partial charge in [0.2, 0.25) is 0 Å². The largest absolute Gasteiger partial charge is 0.332 e. The highest BCUT2D eigenvalue weighted by molar-refractivity contribution is 6.30. The Labute approximate surface area is 176 Å². The SMILES string of the molecule is CC[NH+]1CCN(C(=O)c2cn(Cc3ccccc3)nc2-c2ccc(Cl)cc2)CC1. The number of likely N-dealkylation sites (N-methyl/N-ethyl adjacent to an activating group) is 1. The fourth-order valence-corrected chi connectivity index (χ4v) is 3.93. The number of nitrogens with one attached hydrogen (secondary N) is 1. The van der Waals surface area contributed by atoms with Gasteiger partial charge in [0.15, 0.2) is 0 Å². The van der Waals surface area contributed by atoms with Crippen molar-refractivity contribution in [2.45, 2.75) is 13.5 Å². The lowest BCUT2D eigenvalue weighted by Crippen LogP contribution is -3.14. The lowest BCUT2D eigenvalue weighted by atomic mass is 10.1. The summed E-state index contributed by atoms with van der Waals surface area (Å²) in [5.41, 5.74) is 3.43. The van der Waals surface area contributed by atoms with Crippen LogP contribution in [-0.2, 0) is 6.54 Å². The number of rotatable bonds is 5. The van der Waals surface area contributed by atoms with E-state index in [9.17, 15) is 4.79 Å². The molecule has 0 radical (unpaired) electrons. The van der Waals surface area contributed by atoms with E-state index in [1.54, 1.807) is 4.90 Å². The van der Waals surface area contributed by atoms with Gasteiger partial charge in [-0.25, -0.2) is 0 Å². The summed E-state index contributed by atoms with van der Waals surface area (Å²) in [5.74, 6) is 0.0596. The van der Waals surface area contributed by atoms with E-state index < -0.39 is 0 Å². The van der Waals surface area contributed by atoms with E-state index in [0.717, 1.165) is 43.9 Å². The molecule has 2 heterocycles. The van der Waals surface area contributed by atoms with Crippen LogP contribution in [0.1, 0.15) is 22.8 Å². The summed E-state index contributed by atoms with van der Waals surface area (Å²) >= 11 is 6.06. The zero-order valence-corrected chi connectivity index (χ0v) is 17.4. The maximum Gasteiger partial charge on any atom is 0.258 e. The first-order valence-electron chi connectivity index (χ1n) is 10.1. The van der Waals surface area contributed by atoms with Gasteiger partial charge < -0.3 is 9.80 Å². The van der Waals surface area contributed by atoms with E-state index >= 15 is 0 Å². The number of benzene rings is 2. The first kappa shape index (κ1) is 19.7. The normalized spacial score (nSPS) is 14.9. The van der Waals surface area contributed by atoms with E-state index in [4.69, 9.17) is 16.7 Å². The molecule has 0 atom stereocenters. The van der Waals surface area contributed by atoms with Crippen LogP contribution in [0.3, 0.4) is 0 Å². The maximum atomic E-state index is 13.4. The highest BCUT2D eigenvalue weighted by atomic mass is 35.5. The Morgan fingerprint density at radius 3 is 2.41 bits per heavy atom. The number of carbonyl (C=O) groups excluding carboxylic acids is 1. The molecule has 0 spiro atoms. The first-order valence-corrected chi connectivity index (χ1v) is 10.5. The molecule has 0 saturated carbocycles. The van der Waals surface area contributed by atoms with Gasteiger partial charge in [0, 0.05) is 16.8 Å². The smallest absolute Gasteiger partial charge is 0.258 e. The molecule has 1 aliphatic rings. The quantitative estimate of drug-likeness (QED) is 0.703. The average Bonchev–Trinajstić information content (AvgIpc) is 3.18. The van der Waals surface area contributed by atoms with E-state index in [-0.39, 0.29) is 5.91 Å². The molecule has 1 fully saturated rings. The van der Waals surface area contributed by atoms with Crippen molar-refractivity contribution in [1.82, 2.24) is 14.7 Å². The number of carbonyl (C=O) groups is 1. The van der Waals surface area contributed by atoms with Gasteiger partial charge in [-0.3, -0.25) is 9.48 Å². The highest BCUT2D eigenvalue weighted by Crippen LogP contribution is 2.25. The second-order valence-electron chi connectivity index (χ2n) is 7.48. The Morgan fingerprint density at radius 2 is 1.76 bits per heavy atom. The number of hydrogen-bond donors (Lipinski definition) is 1. The molecule has 1 amide bonds. The average molecular weight is 410 g/mol. The summed E-state index contributed by atoms with van der Waals surface area (Å²) in [4.78, 5) is 16.9. The van der Waals surface area contributed by atoms with Crippen molar-refractivity contribution in [3.63, 3.8) is 0 Å². The summed E-state index contributed by atoms with van der Waals surface area (Å²) < 4.78 is 1.86. The third-order valence-corrected chi connectivity index (χ3v) is 5.81. The van der Waals surface area contributed by atoms with E-state index in [1.807, 2.05) is 58.2 Å². The molecular formula is C23H26ClN4O+. The molecule has 0 unspecified atom stereocenters. The second-order valence-corrected chi connectivity index (χ2v) is 7.91. The molecule has 3 aromatic rings. The zero-order valence-electron chi connectivity index (χ0n) is 16.6. The van der Waals surface area contributed by atoms with Crippen molar-refractivity contribution in [1.29, 1.82) is 0 Å². The second kappa shape index (κ2) is 8.80. The monoisotopic (exact) mass is 409 g/mol. The molecule has 5 nitrogen and oxygen atoms in total. The van der Waals surface area contributed by atoms with Crippen LogP contribution in [0.25, 0.3) is 11.3 Å². The Balaban J connectivity index is 1.65. The summed E-state index contributed by atoms with van der Waals surface area (Å²) in [7, 11) is 0. The van der Waals surface area contributed by atoms with Crippen LogP contribution in [0.4, 0.5) is 0 Å². The number of amides is 1. The van der Waals surface area contributed by atoms with Crippen LogP contribution >= 0.6 is 11.6 Å². The van der Waals surface area contributed by atoms with Gasteiger partial charge in [-0.2, -0.15) is 5.10 Å². The van der Waals surface area contributed by atoms with E-state index in [1.165, 1.54) is 0 Å². The Hall–Kier alpha value is -2.63. The van der Waals surface area contributed by atoms with Crippen molar-refractivity contribution >= 4 is 17.5 Å². The minimum absolute atomic E-state index is 0.0596. The van der Waals surface area contributed by atoms with Gasteiger partial charge in [0.25, 0.3) is 5.91 Å². The predicted molar refractivity (Wildman–Crippen MR) is 115 cm³/mol. The minimum Gasteiger partial charge on any atom is -0.332 e. The molecule has 6 heteroatoms. The molecule has 1 N–H and O–H groups in total. The Morgan fingerprint density at radius 1 is 1.07 bits per heavy atom. The van der Waals surface area contributed by atoms with Crippen LogP contribution < -0.4 is 4.90 Å². The Bertz CT molecular complexity index is 960. The van der Waals surface area contributed by atoms with Crippen molar-refractivity contribution in [3.05, 3.63) is 76.9 Å². The van der Waals surface area contributed by atoms with Crippen molar-refractivity contribution in [2.75, 3.05) is 32.7 Å². The number of quaternary nitrogens is 1. The lowest BCUT2D eigenvalue weighted by Gasteiger charge is -2.31. The van der Waals surface area contributed by atoms with Gasteiger partial charge in [0.05, 0.1) is 44.8 Å². The van der Waals surface area contributed by atoms with Gasteiger partial charge in [-0.15, -0.1) is 0 Å². The molecule has 0 bridgehead atoms. The number of aromatic nitrogens is 2. The molecule has 29 heavy (non-hydrogen) atoms. The third kappa shape index (κ3) is 4.52. The molecular weight excluding hydrogens is 384 g/mol. The molecule has 4 rings (SSSR count). The molecule has 150 valence electrons. The van der Waals surface area contributed by atoms with Crippen LogP contribution in [0.15, 0.2) is 60.8 Å². The van der Waals surface area contributed by atoms with Gasteiger partial charge in [0.1, 0.15) is 5.69 Å². The van der Waals surface area contributed by atoms with Gasteiger partial charge in [-0.05, 0) is 24.6 Å². The van der Waals surface area contributed by atoms with Crippen LogP contribution in [0.5, 0.6) is 0 Å². The molecule has 1 aliphatic heterocycles. The zero-order chi connectivity index (χ0) is 20.2. The summed E-state index contributed by atoms with van der Waals surface area (Å²) in [6, 6.07) is 17.7. The predicted octanol–water partition coefficient (Wildman–Crippen LogP) is 2.61. The fraction of sp³-hybridized carbons (Fsp3) is 0.304. The molecule has 2 aromatic carbocycles. The van der Waals surface area contributed by atoms with Crippen molar-refractivity contribution in [3.8, 4) is 11.3 Å². The van der Waals surface area contributed by atoms with Crippen LogP contribution in [-0.4, -0.2) is 53.3 Å². The summed E-state index contributed by atoms with van der Waals surface area (Å²) in [6.07, 6.45) is 1.89. The minimum atomic E-state index is 0.0596. The maximum absolute atomic E-state index is 13.4. The molecule has 1 aromatic heterocycles. The van der Waals surface area contributed by atoms with E-state index in [0.29, 0.717) is 22.8 Å². The molecule has 0 aliphatic carbocycles. The number of nitrogens with zero attached hydrogens (tertiary/aromatic N) is 3. The third-order valence-electron chi connectivity index (χ3n) is 5.55. The summed E-state index contributed by atoms with van der Waals surface area (Å²) in [5, 5.41) is 5.44. The fourth-order valence-electron chi connectivity index (χ4n) is 3.80. The van der Waals surface area contributed by atoms with E-state index in [2.05, 4.69) is 19.1 Å². The van der Waals surface area contributed by atoms with Crippen LogP contribution in [0, 0.1) is 0 Å². The Kier molecular flexibility index (Phi) is 5.97. The highest BCUT2D eigenvalue weighted by Gasteiger charge is 2.27. The number of halogens is 1. The molecule has 1 saturated heterocycles.